The SMILES string of the molecule is COc1cc(CCCN2CCOCC2)ccc1-c1cc(Nc2cnc(C#N)cn2)n[nH]1. The van der Waals surface area contributed by atoms with Crippen molar-refractivity contribution in [2.75, 3.05) is 45.3 Å². The monoisotopic (exact) mass is 419 g/mol. The lowest BCUT2D eigenvalue weighted by atomic mass is 10.0. The Morgan fingerprint density at radius 1 is 1.19 bits per heavy atom. The summed E-state index contributed by atoms with van der Waals surface area (Å²) in [4.78, 5) is 10.6. The fraction of sp³-hybridized carbons (Fsp3) is 0.364. The van der Waals surface area contributed by atoms with Gasteiger partial charge in [-0.15, -0.1) is 0 Å². The molecule has 160 valence electrons. The molecule has 2 N–H and O–H groups in total. The van der Waals surface area contributed by atoms with Crippen LogP contribution in [0.15, 0.2) is 36.7 Å². The van der Waals surface area contributed by atoms with Crippen LogP contribution in [-0.4, -0.2) is 65.0 Å². The number of methoxy groups -OCH3 is 1. The second kappa shape index (κ2) is 10.0. The molecule has 1 saturated heterocycles. The van der Waals surface area contributed by atoms with Crippen LogP contribution in [0.4, 0.5) is 11.6 Å². The molecule has 0 unspecified atom stereocenters. The lowest BCUT2D eigenvalue weighted by Gasteiger charge is -2.26. The summed E-state index contributed by atoms with van der Waals surface area (Å²) in [6, 6.07) is 10.1. The Morgan fingerprint density at radius 2 is 2.06 bits per heavy atom. The molecule has 0 bridgehead atoms. The van der Waals surface area contributed by atoms with E-state index in [-0.39, 0.29) is 5.69 Å². The molecule has 4 rings (SSSR count). The minimum Gasteiger partial charge on any atom is -0.496 e. The third-order valence-corrected chi connectivity index (χ3v) is 5.20. The van der Waals surface area contributed by atoms with Crippen LogP contribution >= 0.6 is 0 Å². The molecule has 31 heavy (non-hydrogen) atoms. The summed E-state index contributed by atoms with van der Waals surface area (Å²) in [6.07, 6.45) is 5.02. The summed E-state index contributed by atoms with van der Waals surface area (Å²) in [6.45, 7) is 4.79. The van der Waals surface area contributed by atoms with Gasteiger partial charge in [-0.25, -0.2) is 9.97 Å². The molecule has 2 aromatic heterocycles. The third-order valence-electron chi connectivity index (χ3n) is 5.20. The quantitative estimate of drug-likeness (QED) is 0.573. The highest BCUT2D eigenvalue weighted by molar-refractivity contribution is 5.71. The molecule has 9 heteroatoms. The maximum absolute atomic E-state index is 8.82. The number of aromatic nitrogens is 4. The smallest absolute Gasteiger partial charge is 0.158 e. The molecule has 1 aromatic carbocycles. The van der Waals surface area contributed by atoms with E-state index in [9.17, 15) is 0 Å². The van der Waals surface area contributed by atoms with E-state index in [4.69, 9.17) is 14.7 Å². The van der Waals surface area contributed by atoms with E-state index in [0.29, 0.717) is 11.6 Å². The van der Waals surface area contributed by atoms with Crippen LogP contribution < -0.4 is 10.1 Å². The van der Waals surface area contributed by atoms with E-state index < -0.39 is 0 Å². The molecular weight excluding hydrogens is 394 g/mol. The first-order valence-electron chi connectivity index (χ1n) is 10.3. The predicted octanol–water partition coefficient (Wildman–Crippen LogP) is 2.76. The van der Waals surface area contributed by atoms with Crippen LogP contribution in [0.25, 0.3) is 11.3 Å². The molecule has 9 nitrogen and oxygen atoms in total. The molecular formula is C22H25N7O2. The highest BCUT2D eigenvalue weighted by Crippen LogP contribution is 2.31. The lowest BCUT2D eigenvalue weighted by molar-refractivity contribution is 0.0374. The van der Waals surface area contributed by atoms with Gasteiger partial charge < -0.3 is 14.8 Å². The topological polar surface area (TPSA) is 112 Å². The first kappa shape index (κ1) is 20.8. The second-order valence-electron chi connectivity index (χ2n) is 7.28. The van der Waals surface area contributed by atoms with E-state index >= 15 is 0 Å². The van der Waals surface area contributed by atoms with Gasteiger partial charge in [0.2, 0.25) is 0 Å². The van der Waals surface area contributed by atoms with Crippen LogP contribution in [0.2, 0.25) is 0 Å². The van der Waals surface area contributed by atoms with E-state index in [1.807, 2.05) is 12.1 Å². The van der Waals surface area contributed by atoms with Crippen LogP contribution in [0, 0.1) is 11.3 Å². The summed E-state index contributed by atoms with van der Waals surface area (Å²) in [5.41, 5.74) is 3.29. The zero-order valence-corrected chi connectivity index (χ0v) is 17.5. The minimum absolute atomic E-state index is 0.267. The van der Waals surface area contributed by atoms with E-state index in [2.05, 4.69) is 48.6 Å². The molecule has 1 aliphatic rings. The average molecular weight is 419 g/mol. The summed E-state index contributed by atoms with van der Waals surface area (Å²) in [5.74, 6) is 1.92. The molecule has 0 atom stereocenters. The van der Waals surface area contributed by atoms with Crippen molar-refractivity contribution in [2.24, 2.45) is 0 Å². The lowest BCUT2D eigenvalue weighted by Crippen LogP contribution is -2.36. The van der Waals surface area contributed by atoms with Gasteiger partial charge in [0.25, 0.3) is 0 Å². The van der Waals surface area contributed by atoms with Crippen molar-refractivity contribution < 1.29 is 9.47 Å². The average Bonchev–Trinajstić information content (AvgIpc) is 3.28. The van der Waals surface area contributed by atoms with Gasteiger partial charge in [-0.2, -0.15) is 10.4 Å². The molecule has 0 amide bonds. The summed E-state index contributed by atoms with van der Waals surface area (Å²) in [5, 5.41) is 19.2. The fourth-order valence-electron chi connectivity index (χ4n) is 3.55. The number of H-pyrrole nitrogens is 1. The highest BCUT2D eigenvalue weighted by atomic mass is 16.5. The number of rotatable bonds is 8. The molecule has 3 heterocycles. The zero-order valence-electron chi connectivity index (χ0n) is 17.5. The Balaban J connectivity index is 1.40. The van der Waals surface area contributed by atoms with Crippen LogP contribution in [-0.2, 0) is 11.2 Å². The Kier molecular flexibility index (Phi) is 6.72. The largest absolute Gasteiger partial charge is 0.496 e. The molecule has 1 fully saturated rings. The first-order valence-corrected chi connectivity index (χ1v) is 10.3. The second-order valence-corrected chi connectivity index (χ2v) is 7.28. The minimum atomic E-state index is 0.267. The Hall–Kier alpha value is -3.48. The van der Waals surface area contributed by atoms with Gasteiger partial charge in [0.05, 0.1) is 38.4 Å². The number of hydrogen-bond donors (Lipinski definition) is 2. The van der Waals surface area contributed by atoms with Crippen LogP contribution in [0.1, 0.15) is 17.7 Å². The Morgan fingerprint density at radius 3 is 2.81 bits per heavy atom. The number of ether oxygens (including phenoxy) is 2. The standard InChI is InChI=1S/C22H25N7O2/c1-30-20-11-16(3-2-6-29-7-9-31-10-8-29)4-5-18(20)19-12-21(28-27-19)26-22-15-24-17(13-23)14-25-22/h4-5,11-12,14-15H,2-3,6-10H2,1H3,(H2,25,26,27,28). The summed E-state index contributed by atoms with van der Waals surface area (Å²) < 4.78 is 11.0. The number of hydrogen-bond acceptors (Lipinski definition) is 8. The van der Waals surface area contributed by atoms with Gasteiger partial charge in [0, 0.05) is 24.7 Å². The Labute approximate surface area is 181 Å². The van der Waals surface area contributed by atoms with Crippen molar-refractivity contribution in [1.29, 1.82) is 5.26 Å². The van der Waals surface area contributed by atoms with Crippen molar-refractivity contribution in [1.82, 2.24) is 25.1 Å². The van der Waals surface area contributed by atoms with Crippen molar-refractivity contribution in [2.45, 2.75) is 12.8 Å². The number of benzene rings is 1. The molecule has 0 saturated carbocycles. The number of nitrogens with one attached hydrogen (secondary N) is 2. The summed E-state index contributed by atoms with van der Waals surface area (Å²) in [7, 11) is 1.68. The maximum atomic E-state index is 8.82. The van der Waals surface area contributed by atoms with Gasteiger partial charge in [-0.1, -0.05) is 6.07 Å². The number of nitriles is 1. The van der Waals surface area contributed by atoms with Gasteiger partial charge in [0.15, 0.2) is 11.5 Å². The van der Waals surface area contributed by atoms with Crippen molar-refractivity contribution in [3.8, 4) is 23.1 Å². The third kappa shape index (κ3) is 5.36. The fourth-order valence-corrected chi connectivity index (χ4v) is 3.55. The molecule has 0 aliphatic carbocycles. The van der Waals surface area contributed by atoms with Gasteiger partial charge in [0.1, 0.15) is 17.6 Å². The highest BCUT2D eigenvalue weighted by Gasteiger charge is 2.13. The van der Waals surface area contributed by atoms with Gasteiger partial charge >= 0.3 is 0 Å². The summed E-state index contributed by atoms with van der Waals surface area (Å²) >= 11 is 0. The van der Waals surface area contributed by atoms with Crippen LogP contribution in [0.3, 0.4) is 0 Å². The normalized spacial score (nSPS) is 14.2. The van der Waals surface area contributed by atoms with E-state index in [1.54, 1.807) is 7.11 Å². The number of aryl methyl sites for hydroxylation is 1. The first-order chi connectivity index (χ1) is 15.2. The molecule has 1 aliphatic heterocycles. The molecule has 0 spiro atoms. The van der Waals surface area contributed by atoms with Crippen molar-refractivity contribution >= 4 is 11.6 Å². The van der Waals surface area contributed by atoms with Gasteiger partial charge in [-0.05, 0) is 37.1 Å². The maximum Gasteiger partial charge on any atom is 0.158 e. The van der Waals surface area contributed by atoms with E-state index in [1.165, 1.54) is 18.0 Å². The van der Waals surface area contributed by atoms with Crippen molar-refractivity contribution in [3.63, 3.8) is 0 Å². The van der Waals surface area contributed by atoms with Crippen LogP contribution in [0.5, 0.6) is 5.75 Å². The predicted molar refractivity (Wildman–Crippen MR) is 116 cm³/mol. The number of aromatic amines is 1. The number of nitrogens with zero attached hydrogens (tertiary/aromatic N) is 5. The van der Waals surface area contributed by atoms with E-state index in [0.717, 1.165) is 62.7 Å². The molecule has 3 aromatic rings. The zero-order chi connectivity index (χ0) is 21.5. The Bertz CT molecular complexity index is 1040. The number of morpholine rings is 1. The number of anilines is 2. The van der Waals surface area contributed by atoms with Crippen molar-refractivity contribution in [3.05, 3.63) is 47.9 Å². The van der Waals surface area contributed by atoms with Gasteiger partial charge in [-0.3, -0.25) is 10.00 Å². The molecule has 0 radical (unpaired) electrons.